The Kier molecular flexibility index (Phi) is 4.27. The van der Waals surface area contributed by atoms with Gasteiger partial charge in [-0.2, -0.15) is 5.10 Å². The standard InChI is InChI=1S/C15H15FN4OS2/c1-8-12-10(16)4-3-5-11(12)23-13(8)14(21)17-6-7-20-9(2)18-19-15(20)22/h3-5H,6-7H2,1-2H3,(H,17,21)(H,19,22). The molecule has 0 unspecified atom stereocenters. The first-order valence-electron chi connectivity index (χ1n) is 7.06. The molecule has 5 nitrogen and oxygen atoms in total. The summed E-state index contributed by atoms with van der Waals surface area (Å²) >= 11 is 6.42. The van der Waals surface area contributed by atoms with Crippen LogP contribution in [0.2, 0.25) is 0 Å². The van der Waals surface area contributed by atoms with E-state index in [0.29, 0.717) is 33.7 Å². The van der Waals surface area contributed by atoms with Crippen molar-refractivity contribution in [3.05, 3.63) is 45.1 Å². The lowest BCUT2D eigenvalue weighted by atomic mass is 10.1. The second-order valence-electron chi connectivity index (χ2n) is 5.15. The van der Waals surface area contributed by atoms with Crippen LogP contribution in [0.15, 0.2) is 18.2 Å². The van der Waals surface area contributed by atoms with Crippen LogP contribution in [0, 0.1) is 24.4 Å². The van der Waals surface area contributed by atoms with Crippen LogP contribution in [0.3, 0.4) is 0 Å². The smallest absolute Gasteiger partial charge is 0.261 e. The average Bonchev–Trinajstić information content (AvgIpc) is 3.02. The first-order valence-corrected chi connectivity index (χ1v) is 8.29. The number of aryl methyl sites for hydroxylation is 2. The number of nitrogens with zero attached hydrogens (tertiary/aromatic N) is 2. The Bertz CT molecular complexity index is 941. The number of hydrogen-bond acceptors (Lipinski definition) is 4. The maximum Gasteiger partial charge on any atom is 0.261 e. The van der Waals surface area contributed by atoms with Gasteiger partial charge in [-0.05, 0) is 43.8 Å². The lowest BCUT2D eigenvalue weighted by Gasteiger charge is -2.06. The molecule has 0 bridgehead atoms. The molecule has 23 heavy (non-hydrogen) atoms. The maximum atomic E-state index is 13.9. The van der Waals surface area contributed by atoms with Crippen LogP contribution in [0.1, 0.15) is 21.1 Å². The molecule has 0 radical (unpaired) electrons. The van der Waals surface area contributed by atoms with Gasteiger partial charge in [0.05, 0.1) is 4.88 Å². The topological polar surface area (TPSA) is 62.7 Å². The van der Waals surface area contributed by atoms with E-state index in [2.05, 4.69) is 15.5 Å². The highest BCUT2D eigenvalue weighted by molar-refractivity contribution is 7.71. The highest BCUT2D eigenvalue weighted by Gasteiger charge is 2.17. The summed E-state index contributed by atoms with van der Waals surface area (Å²) in [5.74, 6) is 0.274. The molecule has 0 aliphatic carbocycles. The number of benzene rings is 1. The molecule has 8 heteroatoms. The normalized spacial score (nSPS) is 11.1. The largest absolute Gasteiger partial charge is 0.350 e. The van der Waals surface area contributed by atoms with Crippen LogP contribution in [0.25, 0.3) is 10.1 Å². The number of aromatic amines is 1. The molecule has 2 N–H and O–H groups in total. The zero-order chi connectivity index (χ0) is 16.6. The summed E-state index contributed by atoms with van der Waals surface area (Å²) in [6.07, 6.45) is 0. The minimum absolute atomic E-state index is 0.198. The van der Waals surface area contributed by atoms with E-state index in [4.69, 9.17) is 12.2 Å². The number of thiophene rings is 1. The number of rotatable bonds is 4. The van der Waals surface area contributed by atoms with Crippen molar-refractivity contribution in [3.63, 3.8) is 0 Å². The number of carbonyl (C=O) groups excluding carboxylic acids is 1. The summed E-state index contributed by atoms with van der Waals surface area (Å²) in [5, 5.41) is 10.1. The van der Waals surface area contributed by atoms with Crippen molar-refractivity contribution < 1.29 is 9.18 Å². The van der Waals surface area contributed by atoms with Gasteiger partial charge in [0.25, 0.3) is 5.91 Å². The molecule has 1 aromatic carbocycles. The van der Waals surface area contributed by atoms with Crippen molar-refractivity contribution in [2.45, 2.75) is 20.4 Å². The molecule has 120 valence electrons. The summed E-state index contributed by atoms with van der Waals surface area (Å²) in [7, 11) is 0. The number of hydrogen-bond donors (Lipinski definition) is 2. The SMILES string of the molecule is Cc1c(C(=O)NCCn2c(C)n[nH]c2=S)sc2cccc(F)c12. The summed E-state index contributed by atoms with van der Waals surface area (Å²) in [6, 6.07) is 4.88. The molecule has 0 aliphatic heterocycles. The van der Waals surface area contributed by atoms with E-state index >= 15 is 0 Å². The number of halogens is 1. The second kappa shape index (κ2) is 6.21. The van der Waals surface area contributed by atoms with Crippen LogP contribution in [0.4, 0.5) is 4.39 Å². The van der Waals surface area contributed by atoms with E-state index in [-0.39, 0.29) is 11.7 Å². The molecule has 0 atom stereocenters. The summed E-state index contributed by atoms with van der Waals surface area (Å²) < 4.78 is 17.0. The Morgan fingerprint density at radius 3 is 2.91 bits per heavy atom. The zero-order valence-electron chi connectivity index (χ0n) is 12.6. The first-order chi connectivity index (χ1) is 11.0. The molecule has 0 spiro atoms. The third kappa shape index (κ3) is 2.91. The minimum atomic E-state index is -0.296. The quantitative estimate of drug-likeness (QED) is 0.710. The van der Waals surface area contributed by atoms with Gasteiger partial charge in [0.15, 0.2) is 4.77 Å². The Hall–Kier alpha value is -2.06. The molecule has 0 saturated heterocycles. The predicted molar refractivity (Wildman–Crippen MR) is 91.0 cm³/mol. The fourth-order valence-electron chi connectivity index (χ4n) is 2.49. The molecule has 0 aliphatic rings. The van der Waals surface area contributed by atoms with Crippen LogP contribution < -0.4 is 5.32 Å². The number of nitrogens with one attached hydrogen (secondary N) is 2. The van der Waals surface area contributed by atoms with Gasteiger partial charge in [0, 0.05) is 23.2 Å². The number of amides is 1. The molecule has 1 amide bonds. The van der Waals surface area contributed by atoms with E-state index < -0.39 is 0 Å². The molecule has 2 heterocycles. The second-order valence-corrected chi connectivity index (χ2v) is 6.59. The van der Waals surface area contributed by atoms with Crippen molar-refractivity contribution >= 4 is 39.5 Å². The molecule has 0 fully saturated rings. The van der Waals surface area contributed by atoms with Crippen molar-refractivity contribution in [3.8, 4) is 0 Å². The van der Waals surface area contributed by atoms with Crippen LogP contribution in [0.5, 0.6) is 0 Å². The molecule has 2 aromatic heterocycles. The highest BCUT2D eigenvalue weighted by atomic mass is 32.1. The van der Waals surface area contributed by atoms with Gasteiger partial charge in [-0.3, -0.25) is 9.89 Å². The molecule has 0 saturated carbocycles. The Morgan fingerprint density at radius 1 is 1.48 bits per heavy atom. The maximum absolute atomic E-state index is 13.9. The summed E-state index contributed by atoms with van der Waals surface area (Å²) in [6.45, 7) is 4.56. The minimum Gasteiger partial charge on any atom is -0.350 e. The number of carbonyl (C=O) groups is 1. The highest BCUT2D eigenvalue weighted by Crippen LogP contribution is 2.32. The van der Waals surface area contributed by atoms with E-state index in [0.717, 1.165) is 10.5 Å². The molecule has 3 aromatic rings. The van der Waals surface area contributed by atoms with Gasteiger partial charge in [-0.15, -0.1) is 11.3 Å². The van der Waals surface area contributed by atoms with Crippen LogP contribution >= 0.6 is 23.6 Å². The van der Waals surface area contributed by atoms with Crippen molar-refractivity contribution in [1.29, 1.82) is 0 Å². The summed E-state index contributed by atoms with van der Waals surface area (Å²) in [4.78, 5) is 12.9. The van der Waals surface area contributed by atoms with Gasteiger partial charge in [-0.25, -0.2) is 4.39 Å². The third-order valence-electron chi connectivity index (χ3n) is 3.68. The molecule has 3 rings (SSSR count). The van der Waals surface area contributed by atoms with Gasteiger partial charge < -0.3 is 9.88 Å². The number of aromatic nitrogens is 3. The van der Waals surface area contributed by atoms with Gasteiger partial charge in [0.1, 0.15) is 11.6 Å². The number of fused-ring (bicyclic) bond motifs is 1. The van der Waals surface area contributed by atoms with Gasteiger partial charge in [-0.1, -0.05) is 6.07 Å². The Labute approximate surface area is 141 Å². The average molecular weight is 350 g/mol. The monoisotopic (exact) mass is 350 g/mol. The molecular weight excluding hydrogens is 335 g/mol. The fraction of sp³-hybridized carbons (Fsp3) is 0.267. The third-order valence-corrected chi connectivity index (χ3v) is 5.25. The predicted octanol–water partition coefficient (Wildman–Crippen LogP) is 3.34. The lowest BCUT2D eigenvalue weighted by molar-refractivity contribution is 0.0955. The zero-order valence-corrected chi connectivity index (χ0v) is 14.3. The Balaban J connectivity index is 1.75. The van der Waals surface area contributed by atoms with E-state index in [1.54, 1.807) is 13.0 Å². The Morgan fingerprint density at radius 2 is 2.26 bits per heavy atom. The van der Waals surface area contributed by atoms with E-state index in [1.807, 2.05) is 17.6 Å². The first kappa shape index (κ1) is 15.8. The van der Waals surface area contributed by atoms with Crippen molar-refractivity contribution in [2.75, 3.05) is 6.54 Å². The number of H-pyrrole nitrogens is 1. The fourth-order valence-corrected chi connectivity index (χ4v) is 3.90. The van der Waals surface area contributed by atoms with E-state index in [9.17, 15) is 9.18 Å². The van der Waals surface area contributed by atoms with Crippen molar-refractivity contribution in [1.82, 2.24) is 20.1 Å². The van der Waals surface area contributed by atoms with Gasteiger partial charge >= 0.3 is 0 Å². The van der Waals surface area contributed by atoms with Crippen LogP contribution in [-0.2, 0) is 6.54 Å². The van der Waals surface area contributed by atoms with E-state index in [1.165, 1.54) is 17.4 Å². The lowest BCUT2D eigenvalue weighted by Crippen LogP contribution is -2.27. The van der Waals surface area contributed by atoms with Crippen LogP contribution in [-0.4, -0.2) is 27.2 Å². The van der Waals surface area contributed by atoms with Crippen molar-refractivity contribution in [2.24, 2.45) is 0 Å². The summed E-state index contributed by atoms with van der Waals surface area (Å²) in [5.41, 5.74) is 0.678. The molecular formula is C15H15FN4OS2. The van der Waals surface area contributed by atoms with Gasteiger partial charge in [0.2, 0.25) is 0 Å².